The van der Waals surface area contributed by atoms with Crippen molar-refractivity contribution in [3.05, 3.63) is 59.8 Å². The number of ether oxygens (including phenoxy) is 1. The number of aromatic nitrogens is 1. The van der Waals surface area contributed by atoms with Gasteiger partial charge in [-0.15, -0.1) is 0 Å². The number of amides is 1. The maximum atomic E-state index is 13.2. The zero-order chi connectivity index (χ0) is 21.3. The highest BCUT2D eigenvalue weighted by atomic mass is 16.5. The van der Waals surface area contributed by atoms with E-state index in [4.69, 9.17) is 4.74 Å². The molecule has 2 heterocycles. The number of aromatic amines is 1. The molecule has 0 spiro atoms. The maximum Gasteiger partial charge on any atom is 0.270 e. The number of nitrogens with zero attached hydrogens (tertiary/aromatic N) is 2. The van der Waals surface area contributed by atoms with Gasteiger partial charge in [0.1, 0.15) is 11.4 Å². The Morgan fingerprint density at radius 1 is 0.967 bits per heavy atom. The van der Waals surface area contributed by atoms with Crippen LogP contribution in [0.4, 0.5) is 5.69 Å². The second kappa shape index (κ2) is 8.05. The van der Waals surface area contributed by atoms with E-state index in [9.17, 15) is 4.79 Å². The number of anilines is 1. The van der Waals surface area contributed by atoms with Crippen molar-refractivity contribution < 1.29 is 9.53 Å². The van der Waals surface area contributed by atoms with Crippen molar-refractivity contribution in [1.29, 1.82) is 0 Å². The molecule has 1 aromatic heterocycles. The SMILES string of the molecule is COc1ccc(N2CCCN(C(=O)c3cc4ccc(C(C)(C)C)cc4[nH]3)CC2)cc1. The quantitative estimate of drug-likeness (QED) is 0.679. The Bertz CT molecular complexity index is 1030. The fourth-order valence-electron chi connectivity index (χ4n) is 4.05. The summed E-state index contributed by atoms with van der Waals surface area (Å²) < 4.78 is 5.25. The lowest BCUT2D eigenvalue weighted by atomic mass is 9.87. The Morgan fingerprint density at radius 2 is 1.73 bits per heavy atom. The fraction of sp³-hybridized carbons (Fsp3) is 0.400. The van der Waals surface area contributed by atoms with Gasteiger partial charge in [0.15, 0.2) is 0 Å². The number of fused-ring (bicyclic) bond motifs is 1. The summed E-state index contributed by atoms with van der Waals surface area (Å²) in [5.41, 5.74) is 4.22. The summed E-state index contributed by atoms with van der Waals surface area (Å²) in [5.74, 6) is 0.943. The molecule has 1 fully saturated rings. The number of hydrogen-bond acceptors (Lipinski definition) is 3. The highest BCUT2D eigenvalue weighted by Gasteiger charge is 2.22. The first-order valence-corrected chi connectivity index (χ1v) is 10.7. The Balaban J connectivity index is 1.48. The third-order valence-corrected chi connectivity index (χ3v) is 5.94. The van der Waals surface area contributed by atoms with E-state index < -0.39 is 0 Å². The van der Waals surface area contributed by atoms with Crippen LogP contribution in [0.2, 0.25) is 0 Å². The van der Waals surface area contributed by atoms with Gasteiger partial charge in [-0.05, 0) is 53.8 Å². The molecule has 5 nitrogen and oxygen atoms in total. The molecule has 1 N–H and O–H groups in total. The minimum atomic E-state index is 0.0825. The molecule has 0 radical (unpaired) electrons. The number of rotatable bonds is 3. The van der Waals surface area contributed by atoms with Gasteiger partial charge in [0, 0.05) is 42.8 Å². The molecule has 5 heteroatoms. The molecule has 1 saturated heterocycles. The van der Waals surface area contributed by atoms with Crippen LogP contribution >= 0.6 is 0 Å². The van der Waals surface area contributed by atoms with Crippen molar-refractivity contribution >= 4 is 22.5 Å². The van der Waals surface area contributed by atoms with Crippen LogP contribution in [0.5, 0.6) is 5.75 Å². The van der Waals surface area contributed by atoms with Gasteiger partial charge in [0.25, 0.3) is 5.91 Å². The summed E-state index contributed by atoms with van der Waals surface area (Å²) in [6.07, 6.45) is 0.951. The minimum Gasteiger partial charge on any atom is -0.497 e. The van der Waals surface area contributed by atoms with Gasteiger partial charge in [0.05, 0.1) is 7.11 Å². The van der Waals surface area contributed by atoms with Gasteiger partial charge in [-0.2, -0.15) is 0 Å². The van der Waals surface area contributed by atoms with Crippen LogP contribution in [0, 0.1) is 0 Å². The third kappa shape index (κ3) is 4.16. The van der Waals surface area contributed by atoms with E-state index in [0.29, 0.717) is 12.2 Å². The van der Waals surface area contributed by atoms with Gasteiger partial charge in [-0.1, -0.05) is 32.9 Å². The Morgan fingerprint density at radius 3 is 2.43 bits per heavy atom. The number of hydrogen-bond donors (Lipinski definition) is 1. The number of methoxy groups -OCH3 is 1. The van der Waals surface area contributed by atoms with E-state index in [-0.39, 0.29) is 11.3 Å². The summed E-state index contributed by atoms with van der Waals surface area (Å²) >= 11 is 0. The van der Waals surface area contributed by atoms with Crippen LogP contribution in [-0.2, 0) is 5.41 Å². The number of H-pyrrole nitrogens is 1. The summed E-state index contributed by atoms with van der Waals surface area (Å²) in [4.78, 5) is 20.9. The van der Waals surface area contributed by atoms with E-state index in [1.165, 1.54) is 11.3 Å². The van der Waals surface area contributed by atoms with Crippen LogP contribution in [0.25, 0.3) is 10.9 Å². The predicted molar refractivity (Wildman–Crippen MR) is 123 cm³/mol. The van der Waals surface area contributed by atoms with E-state index in [1.54, 1.807) is 7.11 Å². The van der Waals surface area contributed by atoms with Crippen LogP contribution in [-0.4, -0.2) is 49.1 Å². The van der Waals surface area contributed by atoms with Crippen LogP contribution < -0.4 is 9.64 Å². The fourth-order valence-corrected chi connectivity index (χ4v) is 4.05. The first-order chi connectivity index (χ1) is 14.3. The van der Waals surface area contributed by atoms with E-state index >= 15 is 0 Å². The molecular formula is C25H31N3O2. The number of carbonyl (C=O) groups excluding carboxylic acids is 1. The second-order valence-corrected chi connectivity index (χ2v) is 9.07. The van der Waals surface area contributed by atoms with E-state index in [1.807, 2.05) is 23.1 Å². The molecule has 2 aromatic carbocycles. The first kappa shape index (κ1) is 20.3. The molecule has 1 aliphatic rings. The standard InChI is InChI=1S/C25H31N3O2/c1-25(2,3)19-7-6-18-16-23(26-22(18)17-19)24(29)28-13-5-12-27(14-15-28)20-8-10-21(30-4)11-9-20/h6-11,16-17,26H,5,12-15H2,1-4H3. The molecule has 0 bridgehead atoms. The molecule has 0 saturated carbocycles. The molecule has 4 rings (SSSR count). The van der Waals surface area contributed by atoms with Gasteiger partial charge < -0.3 is 19.5 Å². The monoisotopic (exact) mass is 405 g/mol. The third-order valence-electron chi connectivity index (χ3n) is 5.94. The highest BCUT2D eigenvalue weighted by Crippen LogP contribution is 2.27. The molecule has 1 aliphatic heterocycles. The zero-order valence-corrected chi connectivity index (χ0v) is 18.4. The molecule has 3 aromatic rings. The van der Waals surface area contributed by atoms with Gasteiger partial charge in [-0.3, -0.25) is 4.79 Å². The second-order valence-electron chi connectivity index (χ2n) is 9.07. The van der Waals surface area contributed by atoms with Crippen molar-refractivity contribution in [2.45, 2.75) is 32.6 Å². The summed E-state index contributed by atoms with van der Waals surface area (Å²) in [7, 11) is 1.68. The van der Waals surface area contributed by atoms with Crippen LogP contribution in [0.3, 0.4) is 0 Å². The lowest BCUT2D eigenvalue weighted by molar-refractivity contribution is 0.0762. The number of benzene rings is 2. The maximum absolute atomic E-state index is 13.2. The number of carbonyl (C=O) groups is 1. The minimum absolute atomic E-state index is 0.0825. The van der Waals surface area contributed by atoms with Crippen LogP contribution in [0.15, 0.2) is 48.5 Å². The topological polar surface area (TPSA) is 48.6 Å². The summed E-state index contributed by atoms with van der Waals surface area (Å²) in [5, 5.41) is 1.08. The molecule has 1 amide bonds. The molecule has 30 heavy (non-hydrogen) atoms. The molecular weight excluding hydrogens is 374 g/mol. The van der Waals surface area contributed by atoms with Gasteiger partial charge in [0.2, 0.25) is 0 Å². The molecule has 0 unspecified atom stereocenters. The Hall–Kier alpha value is -2.95. The average Bonchev–Trinajstić information content (AvgIpc) is 3.01. The van der Waals surface area contributed by atoms with Crippen molar-refractivity contribution in [2.75, 3.05) is 38.2 Å². The van der Waals surface area contributed by atoms with Crippen LogP contribution in [0.1, 0.15) is 43.2 Å². The number of nitrogens with one attached hydrogen (secondary N) is 1. The van der Waals surface area contributed by atoms with Gasteiger partial charge in [-0.25, -0.2) is 0 Å². The Kier molecular flexibility index (Phi) is 5.46. The summed E-state index contributed by atoms with van der Waals surface area (Å²) in [6.45, 7) is 9.87. The van der Waals surface area contributed by atoms with Crippen molar-refractivity contribution in [1.82, 2.24) is 9.88 Å². The van der Waals surface area contributed by atoms with Gasteiger partial charge >= 0.3 is 0 Å². The predicted octanol–water partition coefficient (Wildman–Crippen LogP) is 4.83. The zero-order valence-electron chi connectivity index (χ0n) is 18.4. The summed E-state index contributed by atoms with van der Waals surface area (Å²) in [6, 6.07) is 16.6. The average molecular weight is 406 g/mol. The van der Waals surface area contributed by atoms with Crippen molar-refractivity contribution in [2.24, 2.45) is 0 Å². The largest absolute Gasteiger partial charge is 0.497 e. The smallest absolute Gasteiger partial charge is 0.270 e. The highest BCUT2D eigenvalue weighted by molar-refractivity contribution is 5.98. The molecule has 0 atom stereocenters. The van der Waals surface area contributed by atoms with Crippen molar-refractivity contribution in [3.8, 4) is 5.75 Å². The lowest BCUT2D eigenvalue weighted by Gasteiger charge is -2.23. The molecule has 0 aliphatic carbocycles. The van der Waals surface area contributed by atoms with Crippen molar-refractivity contribution in [3.63, 3.8) is 0 Å². The molecule has 158 valence electrons. The Labute approximate surface area is 178 Å². The normalized spacial score (nSPS) is 15.3. The lowest BCUT2D eigenvalue weighted by Crippen LogP contribution is -2.35. The first-order valence-electron chi connectivity index (χ1n) is 10.7. The van der Waals surface area contributed by atoms with E-state index in [2.05, 4.69) is 61.0 Å². The van der Waals surface area contributed by atoms with E-state index in [0.717, 1.165) is 42.7 Å².